The van der Waals surface area contributed by atoms with Crippen LogP contribution in [-0.2, 0) is 9.59 Å². The molecular formula is C13H16FNO3. The van der Waals surface area contributed by atoms with Gasteiger partial charge in [-0.1, -0.05) is 12.1 Å². The molecule has 4 nitrogen and oxygen atoms in total. The highest BCUT2D eigenvalue weighted by Crippen LogP contribution is 2.24. The Labute approximate surface area is 105 Å². The van der Waals surface area contributed by atoms with E-state index in [2.05, 4.69) is 0 Å². The predicted octanol–water partition coefficient (Wildman–Crippen LogP) is 2.29. The molecule has 0 bridgehead atoms. The second-order valence-electron chi connectivity index (χ2n) is 4.77. The molecule has 0 unspecified atom stereocenters. The van der Waals surface area contributed by atoms with E-state index in [0.29, 0.717) is 0 Å². The van der Waals surface area contributed by atoms with Gasteiger partial charge in [0, 0.05) is 13.5 Å². The van der Waals surface area contributed by atoms with Crippen molar-refractivity contribution < 1.29 is 19.1 Å². The molecule has 5 heteroatoms. The number of para-hydroxylation sites is 1. The number of hydrogen-bond acceptors (Lipinski definition) is 2. The van der Waals surface area contributed by atoms with E-state index < -0.39 is 23.1 Å². The van der Waals surface area contributed by atoms with E-state index in [1.165, 1.54) is 39.1 Å². The minimum atomic E-state index is -1.17. The average Bonchev–Trinajstić information content (AvgIpc) is 2.28. The Morgan fingerprint density at radius 1 is 1.33 bits per heavy atom. The van der Waals surface area contributed by atoms with Crippen LogP contribution >= 0.6 is 0 Å². The third kappa shape index (κ3) is 3.06. The van der Waals surface area contributed by atoms with E-state index in [4.69, 9.17) is 5.11 Å². The SMILES string of the molecule is CN(C(=O)CC(C)(C)C(=O)O)c1ccccc1F. The molecule has 0 heterocycles. The van der Waals surface area contributed by atoms with E-state index in [9.17, 15) is 14.0 Å². The van der Waals surface area contributed by atoms with Gasteiger partial charge in [-0.2, -0.15) is 0 Å². The third-order valence-corrected chi connectivity index (χ3v) is 2.76. The molecule has 98 valence electrons. The van der Waals surface area contributed by atoms with Gasteiger partial charge >= 0.3 is 5.97 Å². The molecule has 1 N–H and O–H groups in total. The molecule has 1 aromatic rings. The van der Waals surface area contributed by atoms with Crippen molar-refractivity contribution in [1.82, 2.24) is 0 Å². The average molecular weight is 253 g/mol. The number of carboxylic acid groups (broad SMARTS) is 1. The van der Waals surface area contributed by atoms with Crippen LogP contribution in [0, 0.1) is 11.2 Å². The number of carbonyl (C=O) groups excluding carboxylic acids is 1. The van der Waals surface area contributed by atoms with Crippen LogP contribution in [0.25, 0.3) is 0 Å². The lowest BCUT2D eigenvalue weighted by atomic mass is 9.89. The Morgan fingerprint density at radius 2 is 1.89 bits per heavy atom. The molecule has 0 radical (unpaired) electrons. The zero-order valence-corrected chi connectivity index (χ0v) is 10.6. The first-order chi connectivity index (χ1) is 8.25. The zero-order chi connectivity index (χ0) is 13.9. The Bertz CT molecular complexity index is 471. The number of carbonyl (C=O) groups is 2. The highest BCUT2D eigenvalue weighted by atomic mass is 19.1. The van der Waals surface area contributed by atoms with Crippen molar-refractivity contribution in [2.75, 3.05) is 11.9 Å². The Morgan fingerprint density at radius 3 is 2.39 bits per heavy atom. The summed E-state index contributed by atoms with van der Waals surface area (Å²) in [6.07, 6.45) is -0.187. The molecule has 0 aliphatic carbocycles. The van der Waals surface area contributed by atoms with Gasteiger partial charge in [0.2, 0.25) is 5.91 Å². The van der Waals surface area contributed by atoms with Crippen molar-refractivity contribution in [2.45, 2.75) is 20.3 Å². The highest BCUT2D eigenvalue weighted by Gasteiger charge is 2.32. The minimum Gasteiger partial charge on any atom is -0.481 e. The summed E-state index contributed by atoms with van der Waals surface area (Å²) in [7, 11) is 1.43. The van der Waals surface area contributed by atoms with Crippen LogP contribution in [0.5, 0.6) is 0 Å². The molecule has 1 amide bonds. The van der Waals surface area contributed by atoms with E-state index in [0.717, 1.165) is 4.90 Å². The maximum Gasteiger partial charge on any atom is 0.309 e. The van der Waals surface area contributed by atoms with E-state index in [1.54, 1.807) is 6.07 Å². The van der Waals surface area contributed by atoms with E-state index in [1.807, 2.05) is 0 Å². The van der Waals surface area contributed by atoms with Gasteiger partial charge in [0.05, 0.1) is 11.1 Å². The van der Waals surface area contributed by atoms with Crippen LogP contribution in [-0.4, -0.2) is 24.0 Å². The lowest BCUT2D eigenvalue weighted by molar-refractivity contribution is -0.149. The summed E-state index contributed by atoms with van der Waals surface area (Å²) in [4.78, 5) is 24.0. The highest BCUT2D eigenvalue weighted by molar-refractivity contribution is 5.95. The first kappa shape index (κ1) is 14.2. The van der Waals surface area contributed by atoms with Crippen LogP contribution in [0.1, 0.15) is 20.3 Å². The van der Waals surface area contributed by atoms with Gasteiger partial charge in [-0.05, 0) is 26.0 Å². The molecule has 0 fully saturated rings. The van der Waals surface area contributed by atoms with E-state index >= 15 is 0 Å². The van der Waals surface area contributed by atoms with Crippen LogP contribution in [0.2, 0.25) is 0 Å². The number of aliphatic carboxylic acids is 1. The fourth-order valence-corrected chi connectivity index (χ4v) is 1.43. The van der Waals surface area contributed by atoms with Crippen LogP contribution in [0.4, 0.5) is 10.1 Å². The summed E-state index contributed by atoms with van der Waals surface area (Å²) in [6, 6.07) is 5.87. The molecule has 0 aliphatic heterocycles. The molecule has 18 heavy (non-hydrogen) atoms. The van der Waals surface area contributed by atoms with Gasteiger partial charge in [-0.25, -0.2) is 4.39 Å². The van der Waals surface area contributed by atoms with Gasteiger partial charge in [-0.15, -0.1) is 0 Å². The second kappa shape index (κ2) is 5.16. The van der Waals surface area contributed by atoms with Crippen molar-refractivity contribution in [2.24, 2.45) is 5.41 Å². The lowest BCUT2D eigenvalue weighted by Gasteiger charge is -2.23. The molecular weight excluding hydrogens is 237 g/mol. The number of amides is 1. The third-order valence-electron chi connectivity index (χ3n) is 2.76. The summed E-state index contributed by atoms with van der Waals surface area (Å²) in [5.74, 6) is -2.01. The Kier molecular flexibility index (Phi) is 4.06. The quantitative estimate of drug-likeness (QED) is 0.895. The fraction of sp³-hybridized carbons (Fsp3) is 0.385. The fourth-order valence-electron chi connectivity index (χ4n) is 1.43. The van der Waals surface area contributed by atoms with Crippen LogP contribution in [0.3, 0.4) is 0 Å². The first-order valence-corrected chi connectivity index (χ1v) is 5.50. The van der Waals surface area contributed by atoms with Crippen molar-refractivity contribution >= 4 is 17.6 Å². The number of rotatable bonds is 4. The second-order valence-corrected chi connectivity index (χ2v) is 4.77. The topological polar surface area (TPSA) is 57.6 Å². The molecule has 0 saturated heterocycles. The molecule has 0 aliphatic rings. The Balaban J connectivity index is 2.86. The van der Waals surface area contributed by atoms with Crippen molar-refractivity contribution in [1.29, 1.82) is 0 Å². The smallest absolute Gasteiger partial charge is 0.309 e. The first-order valence-electron chi connectivity index (χ1n) is 5.50. The normalized spacial score (nSPS) is 11.1. The maximum atomic E-state index is 13.5. The maximum absolute atomic E-state index is 13.5. The molecule has 0 aromatic heterocycles. The molecule has 0 atom stereocenters. The van der Waals surface area contributed by atoms with Crippen molar-refractivity contribution in [3.8, 4) is 0 Å². The number of benzene rings is 1. The van der Waals surface area contributed by atoms with E-state index in [-0.39, 0.29) is 12.1 Å². The van der Waals surface area contributed by atoms with Crippen molar-refractivity contribution in [3.63, 3.8) is 0 Å². The number of hydrogen-bond donors (Lipinski definition) is 1. The molecule has 1 rings (SSSR count). The van der Waals surface area contributed by atoms with Gasteiger partial charge in [0.25, 0.3) is 0 Å². The number of halogens is 1. The van der Waals surface area contributed by atoms with Gasteiger partial charge in [0.15, 0.2) is 0 Å². The van der Waals surface area contributed by atoms with Crippen molar-refractivity contribution in [3.05, 3.63) is 30.1 Å². The number of nitrogens with zero attached hydrogens (tertiary/aromatic N) is 1. The zero-order valence-electron chi connectivity index (χ0n) is 10.6. The minimum absolute atomic E-state index is 0.142. The summed E-state index contributed by atoms with van der Waals surface area (Å²) in [5, 5.41) is 8.95. The molecule has 0 saturated carbocycles. The summed E-state index contributed by atoms with van der Waals surface area (Å²) in [5.41, 5.74) is -1.03. The monoisotopic (exact) mass is 253 g/mol. The Hall–Kier alpha value is -1.91. The van der Waals surface area contributed by atoms with Crippen LogP contribution in [0.15, 0.2) is 24.3 Å². The number of anilines is 1. The summed E-state index contributed by atoms with van der Waals surface area (Å²) < 4.78 is 13.5. The van der Waals surface area contributed by atoms with Crippen LogP contribution < -0.4 is 4.90 Å². The lowest BCUT2D eigenvalue weighted by Crippen LogP contribution is -2.35. The number of carboxylic acids is 1. The molecule has 1 aromatic carbocycles. The molecule has 0 spiro atoms. The summed E-state index contributed by atoms with van der Waals surface area (Å²) in [6.45, 7) is 2.92. The predicted molar refractivity (Wildman–Crippen MR) is 65.8 cm³/mol. The van der Waals surface area contributed by atoms with Gasteiger partial charge < -0.3 is 10.0 Å². The van der Waals surface area contributed by atoms with Gasteiger partial charge in [0.1, 0.15) is 5.82 Å². The standard InChI is InChI=1S/C13H16FNO3/c1-13(2,12(17)18)8-11(16)15(3)10-7-5-4-6-9(10)14/h4-7H,8H2,1-3H3,(H,17,18). The summed E-state index contributed by atoms with van der Waals surface area (Å²) >= 11 is 0. The van der Waals surface area contributed by atoms with Gasteiger partial charge in [-0.3, -0.25) is 9.59 Å². The largest absolute Gasteiger partial charge is 0.481 e.